The number of rotatable bonds is 5. The summed E-state index contributed by atoms with van der Waals surface area (Å²) in [5.41, 5.74) is 5.58. The number of aromatic nitrogens is 1. The van der Waals surface area contributed by atoms with Crippen molar-refractivity contribution in [3.8, 4) is 11.1 Å². The molecule has 4 aromatic rings. The Morgan fingerprint density at radius 3 is 2.57 bits per heavy atom. The molecule has 0 unspecified atom stereocenters. The molecule has 0 bridgehead atoms. The summed E-state index contributed by atoms with van der Waals surface area (Å²) in [7, 11) is 0. The van der Waals surface area contributed by atoms with Gasteiger partial charge in [-0.05, 0) is 58.7 Å². The number of carboxylic acids is 1. The summed E-state index contributed by atoms with van der Waals surface area (Å²) in [4.78, 5) is 15.5. The molecule has 1 N–H and O–H groups in total. The molecule has 4 rings (SSSR count). The number of fused-ring (bicyclic) bond motifs is 1. The van der Waals surface area contributed by atoms with Gasteiger partial charge in [-0.3, -0.25) is 0 Å². The Morgan fingerprint density at radius 2 is 1.70 bits per heavy atom. The number of hydrogen-bond acceptors (Lipinski definition) is 2. The molecule has 0 aliphatic rings. The monoisotopic (exact) mass is 411 g/mol. The standard InChI is InChI=1S/C26H18ClNO2/c27-22-12-9-20-10-14-23(28-25(20)17-22)13-8-18-4-3-6-21(16-18)24-7-2-1-5-19(24)11-15-26(29)30/h1-17H,(H,29,30)/b13-8?,15-11+. The Hall–Kier alpha value is -3.69. The van der Waals surface area contributed by atoms with Crippen LogP contribution in [0.4, 0.5) is 0 Å². The fraction of sp³-hybridized carbons (Fsp3) is 0. The van der Waals surface area contributed by atoms with E-state index in [1.807, 2.05) is 84.9 Å². The second kappa shape index (κ2) is 8.76. The number of aliphatic carboxylic acids is 1. The van der Waals surface area contributed by atoms with Crippen LogP contribution < -0.4 is 0 Å². The molecule has 0 fully saturated rings. The van der Waals surface area contributed by atoms with Gasteiger partial charge in [-0.2, -0.15) is 0 Å². The Morgan fingerprint density at radius 1 is 0.867 bits per heavy atom. The first-order valence-corrected chi connectivity index (χ1v) is 9.81. The molecule has 1 heterocycles. The number of benzene rings is 3. The molecule has 0 atom stereocenters. The minimum absolute atomic E-state index is 0.666. The van der Waals surface area contributed by atoms with Crippen LogP contribution >= 0.6 is 11.6 Å². The Balaban J connectivity index is 1.64. The molecule has 0 radical (unpaired) electrons. The van der Waals surface area contributed by atoms with Gasteiger partial charge < -0.3 is 5.11 Å². The highest BCUT2D eigenvalue weighted by Crippen LogP contribution is 2.26. The Bertz CT molecular complexity index is 1290. The summed E-state index contributed by atoms with van der Waals surface area (Å²) in [6, 6.07) is 25.5. The van der Waals surface area contributed by atoms with Crippen LogP contribution in [0.5, 0.6) is 0 Å². The number of pyridine rings is 1. The van der Waals surface area contributed by atoms with E-state index >= 15 is 0 Å². The highest BCUT2D eigenvalue weighted by Gasteiger charge is 2.04. The van der Waals surface area contributed by atoms with Crippen LogP contribution in [0.25, 0.3) is 40.3 Å². The van der Waals surface area contributed by atoms with Crippen LogP contribution in [0.1, 0.15) is 16.8 Å². The van der Waals surface area contributed by atoms with Crippen molar-refractivity contribution in [3.05, 3.63) is 107 Å². The molecule has 0 spiro atoms. The second-order valence-electron chi connectivity index (χ2n) is 6.79. The average Bonchev–Trinajstić information content (AvgIpc) is 2.76. The molecule has 4 heteroatoms. The summed E-state index contributed by atoms with van der Waals surface area (Å²) in [5, 5.41) is 10.6. The number of halogens is 1. The van der Waals surface area contributed by atoms with Crippen molar-refractivity contribution in [2.45, 2.75) is 0 Å². The van der Waals surface area contributed by atoms with E-state index in [2.05, 4.69) is 11.1 Å². The van der Waals surface area contributed by atoms with E-state index in [1.165, 1.54) is 0 Å². The molecular weight excluding hydrogens is 394 g/mol. The lowest BCUT2D eigenvalue weighted by atomic mass is 9.97. The first kappa shape index (κ1) is 19.6. The summed E-state index contributed by atoms with van der Waals surface area (Å²) >= 11 is 6.08. The fourth-order valence-corrected chi connectivity index (χ4v) is 3.42. The van der Waals surface area contributed by atoms with E-state index in [1.54, 1.807) is 6.08 Å². The van der Waals surface area contributed by atoms with Crippen LogP contribution in [-0.4, -0.2) is 16.1 Å². The summed E-state index contributed by atoms with van der Waals surface area (Å²) in [6.07, 6.45) is 6.75. The largest absolute Gasteiger partial charge is 0.478 e. The van der Waals surface area contributed by atoms with E-state index in [0.717, 1.165) is 44.9 Å². The third kappa shape index (κ3) is 4.65. The molecule has 146 valence electrons. The van der Waals surface area contributed by atoms with Gasteiger partial charge in [0.15, 0.2) is 0 Å². The fourth-order valence-electron chi connectivity index (χ4n) is 3.26. The van der Waals surface area contributed by atoms with Crippen molar-refractivity contribution in [3.63, 3.8) is 0 Å². The molecule has 0 saturated heterocycles. The lowest BCUT2D eigenvalue weighted by Gasteiger charge is -2.07. The SMILES string of the molecule is O=C(O)/C=C/c1ccccc1-c1cccc(C=Cc2ccc3ccc(Cl)cc3n2)c1. The van der Waals surface area contributed by atoms with Crippen LogP contribution in [0, 0.1) is 0 Å². The number of nitrogens with zero attached hydrogens (tertiary/aromatic N) is 1. The topological polar surface area (TPSA) is 50.2 Å². The maximum atomic E-state index is 10.9. The van der Waals surface area contributed by atoms with Gasteiger partial charge in [0.2, 0.25) is 0 Å². The smallest absolute Gasteiger partial charge is 0.328 e. The number of carbonyl (C=O) groups is 1. The summed E-state index contributed by atoms with van der Waals surface area (Å²) < 4.78 is 0. The normalized spacial score (nSPS) is 11.5. The quantitative estimate of drug-likeness (QED) is 0.366. The van der Waals surface area contributed by atoms with Gasteiger partial charge >= 0.3 is 5.97 Å². The van der Waals surface area contributed by atoms with Gasteiger partial charge in [-0.15, -0.1) is 0 Å². The summed E-state index contributed by atoms with van der Waals surface area (Å²) in [6.45, 7) is 0. The molecule has 0 aliphatic heterocycles. The van der Waals surface area contributed by atoms with Crippen molar-refractivity contribution in [2.24, 2.45) is 0 Å². The molecule has 3 nitrogen and oxygen atoms in total. The predicted octanol–water partition coefficient (Wildman–Crippen LogP) is 6.82. The van der Waals surface area contributed by atoms with Gasteiger partial charge in [0, 0.05) is 16.5 Å². The predicted molar refractivity (Wildman–Crippen MR) is 124 cm³/mol. The maximum Gasteiger partial charge on any atom is 0.328 e. The highest BCUT2D eigenvalue weighted by molar-refractivity contribution is 6.31. The second-order valence-corrected chi connectivity index (χ2v) is 7.23. The lowest BCUT2D eigenvalue weighted by Crippen LogP contribution is -1.88. The van der Waals surface area contributed by atoms with Crippen LogP contribution in [0.15, 0.2) is 84.9 Å². The van der Waals surface area contributed by atoms with Gasteiger partial charge in [0.25, 0.3) is 0 Å². The van der Waals surface area contributed by atoms with Crippen molar-refractivity contribution in [2.75, 3.05) is 0 Å². The van der Waals surface area contributed by atoms with Crippen LogP contribution in [-0.2, 0) is 4.79 Å². The molecule has 30 heavy (non-hydrogen) atoms. The van der Waals surface area contributed by atoms with E-state index < -0.39 is 5.97 Å². The first-order valence-electron chi connectivity index (χ1n) is 9.43. The van der Waals surface area contributed by atoms with Gasteiger partial charge in [0.1, 0.15) is 0 Å². The zero-order chi connectivity index (χ0) is 20.9. The summed E-state index contributed by atoms with van der Waals surface area (Å²) in [5.74, 6) is -0.967. The Kier molecular flexibility index (Phi) is 5.73. The van der Waals surface area contributed by atoms with E-state index in [9.17, 15) is 4.79 Å². The van der Waals surface area contributed by atoms with Crippen LogP contribution in [0.3, 0.4) is 0 Å². The minimum atomic E-state index is -0.967. The van der Waals surface area contributed by atoms with Gasteiger partial charge in [0.05, 0.1) is 11.2 Å². The molecule has 0 saturated carbocycles. The number of carboxylic acid groups (broad SMARTS) is 1. The molecular formula is C26H18ClNO2. The number of hydrogen-bond donors (Lipinski definition) is 1. The molecule has 3 aromatic carbocycles. The van der Waals surface area contributed by atoms with Gasteiger partial charge in [-0.25, -0.2) is 9.78 Å². The maximum absolute atomic E-state index is 10.9. The molecule has 0 aliphatic carbocycles. The average molecular weight is 412 g/mol. The lowest BCUT2D eigenvalue weighted by molar-refractivity contribution is -0.131. The highest BCUT2D eigenvalue weighted by atomic mass is 35.5. The zero-order valence-electron chi connectivity index (χ0n) is 16.0. The Labute approximate surface area is 179 Å². The van der Waals surface area contributed by atoms with Crippen molar-refractivity contribution in [1.82, 2.24) is 4.98 Å². The third-order valence-electron chi connectivity index (χ3n) is 4.69. The van der Waals surface area contributed by atoms with Crippen molar-refractivity contribution in [1.29, 1.82) is 0 Å². The van der Waals surface area contributed by atoms with E-state index in [-0.39, 0.29) is 0 Å². The zero-order valence-corrected chi connectivity index (χ0v) is 16.8. The third-order valence-corrected chi connectivity index (χ3v) is 4.92. The first-order chi connectivity index (χ1) is 14.6. The van der Waals surface area contributed by atoms with Gasteiger partial charge in [-0.1, -0.05) is 72.3 Å². The van der Waals surface area contributed by atoms with Crippen molar-refractivity contribution < 1.29 is 9.90 Å². The van der Waals surface area contributed by atoms with Crippen LogP contribution in [0.2, 0.25) is 5.02 Å². The van der Waals surface area contributed by atoms with Crippen molar-refractivity contribution >= 4 is 46.7 Å². The van der Waals surface area contributed by atoms with E-state index in [4.69, 9.17) is 16.7 Å². The molecule has 0 amide bonds. The molecule has 1 aromatic heterocycles. The minimum Gasteiger partial charge on any atom is -0.478 e. The van der Waals surface area contributed by atoms with E-state index in [0.29, 0.717) is 5.02 Å².